The fraction of sp³-hybridized carbons (Fsp3) is 0.500. The number of nitrogens with zero attached hydrogens (tertiary/aromatic N) is 4. The van der Waals surface area contributed by atoms with Crippen LogP contribution in [0, 0.1) is 9.39 Å². The zero-order valence-electron chi connectivity index (χ0n) is 14.5. The Kier molecular flexibility index (Phi) is 4.72. The summed E-state index contributed by atoms with van der Waals surface area (Å²) in [7, 11) is 1.64. The molecule has 2 aromatic rings. The van der Waals surface area contributed by atoms with Crippen molar-refractivity contribution in [2.75, 3.05) is 7.11 Å². The number of hydrogen-bond acceptors (Lipinski definition) is 5. The molecule has 138 valence electrons. The summed E-state index contributed by atoms with van der Waals surface area (Å²) in [6, 6.07) is 5.11. The molecule has 2 heterocycles. The molecule has 0 amide bonds. The van der Waals surface area contributed by atoms with E-state index in [9.17, 15) is 4.39 Å². The van der Waals surface area contributed by atoms with Crippen molar-refractivity contribution < 1.29 is 14.0 Å². The summed E-state index contributed by atoms with van der Waals surface area (Å²) in [4.78, 5) is 10.1. The molecule has 1 fully saturated rings. The molecule has 1 unspecified atom stereocenters. The normalized spacial score (nSPS) is 24.5. The summed E-state index contributed by atoms with van der Waals surface area (Å²) >= 11 is 2.09. The van der Waals surface area contributed by atoms with Gasteiger partial charge in [-0.25, -0.2) is 14.1 Å². The van der Waals surface area contributed by atoms with E-state index in [0.717, 1.165) is 35.7 Å². The number of rotatable bonds is 4. The fourth-order valence-corrected chi connectivity index (χ4v) is 4.62. The molecule has 1 aliphatic heterocycles. The summed E-state index contributed by atoms with van der Waals surface area (Å²) in [5, 5.41) is 8.60. The molecular weight excluding hydrogens is 450 g/mol. The highest BCUT2D eigenvalue weighted by molar-refractivity contribution is 14.1. The number of benzene rings is 1. The molecule has 0 radical (unpaired) electrons. The van der Waals surface area contributed by atoms with Crippen LogP contribution in [0.4, 0.5) is 4.39 Å². The van der Waals surface area contributed by atoms with Gasteiger partial charge in [-0.15, -0.1) is 0 Å². The van der Waals surface area contributed by atoms with Gasteiger partial charge in [0.05, 0.1) is 6.54 Å². The van der Waals surface area contributed by atoms with Gasteiger partial charge in [-0.3, -0.25) is 0 Å². The first-order chi connectivity index (χ1) is 12.6. The number of halogens is 2. The quantitative estimate of drug-likeness (QED) is 0.642. The van der Waals surface area contributed by atoms with Crippen LogP contribution in [0.5, 0.6) is 0 Å². The average molecular weight is 470 g/mol. The summed E-state index contributed by atoms with van der Waals surface area (Å²) in [5.41, 5.74) is -0.632. The predicted octanol–water partition coefficient (Wildman–Crippen LogP) is 3.54. The first-order valence-corrected chi connectivity index (χ1v) is 9.78. The van der Waals surface area contributed by atoms with E-state index in [1.807, 2.05) is 6.07 Å². The second-order valence-electron chi connectivity index (χ2n) is 6.83. The summed E-state index contributed by atoms with van der Waals surface area (Å²) in [6.07, 6.45) is 7.96. The minimum absolute atomic E-state index is 0.327. The van der Waals surface area contributed by atoms with Crippen molar-refractivity contribution in [1.29, 1.82) is 0 Å². The Morgan fingerprint density at radius 1 is 1.31 bits per heavy atom. The first-order valence-electron chi connectivity index (χ1n) is 8.70. The van der Waals surface area contributed by atoms with Crippen molar-refractivity contribution in [1.82, 2.24) is 14.8 Å². The molecule has 1 atom stereocenters. The lowest BCUT2D eigenvalue weighted by molar-refractivity contribution is -0.164. The molecule has 26 heavy (non-hydrogen) atoms. The van der Waals surface area contributed by atoms with Crippen LogP contribution in [-0.4, -0.2) is 38.8 Å². The van der Waals surface area contributed by atoms with Gasteiger partial charge in [-0.1, -0.05) is 11.6 Å². The Morgan fingerprint density at radius 3 is 2.77 bits per heavy atom. The lowest BCUT2D eigenvalue weighted by atomic mass is 9.69. The van der Waals surface area contributed by atoms with E-state index in [0.29, 0.717) is 17.8 Å². The standard InChI is InChI=1S/C18H20FIN4O2/c1-25-18(10-24-12-21-11-22-24)16(14-6-5-13(20)9-15(14)19)23-26-17(18)7-3-2-4-8-17/h5-6,9,11-12H,2-4,7-8,10H2,1H3. The monoisotopic (exact) mass is 470 g/mol. The highest BCUT2D eigenvalue weighted by Gasteiger charge is 2.63. The van der Waals surface area contributed by atoms with E-state index in [-0.39, 0.29) is 5.82 Å². The molecule has 1 spiro atoms. The number of aromatic nitrogens is 3. The van der Waals surface area contributed by atoms with Crippen LogP contribution in [0.2, 0.25) is 0 Å². The fourth-order valence-electron chi connectivity index (χ4n) is 4.17. The molecule has 6 nitrogen and oxygen atoms in total. The Bertz CT molecular complexity index is 821. The topological polar surface area (TPSA) is 61.5 Å². The van der Waals surface area contributed by atoms with Crippen molar-refractivity contribution in [3.8, 4) is 0 Å². The van der Waals surface area contributed by atoms with Crippen molar-refractivity contribution >= 4 is 28.3 Å². The molecule has 0 bridgehead atoms. The van der Waals surface area contributed by atoms with Crippen LogP contribution in [0.25, 0.3) is 0 Å². The third-order valence-corrected chi connectivity index (χ3v) is 6.15. The highest BCUT2D eigenvalue weighted by atomic mass is 127. The summed E-state index contributed by atoms with van der Waals surface area (Å²) in [5.74, 6) is -0.327. The maximum absolute atomic E-state index is 14.8. The van der Waals surface area contributed by atoms with Crippen molar-refractivity contribution in [3.63, 3.8) is 0 Å². The van der Waals surface area contributed by atoms with Gasteiger partial charge in [0.15, 0.2) is 11.2 Å². The van der Waals surface area contributed by atoms with Crippen LogP contribution in [0.1, 0.15) is 37.7 Å². The van der Waals surface area contributed by atoms with Gasteiger partial charge in [0.2, 0.25) is 0 Å². The van der Waals surface area contributed by atoms with E-state index in [1.165, 1.54) is 12.4 Å². The zero-order valence-corrected chi connectivity index (χ0v) is 16.6. The summed E-state index contributed by atoms with van der Waals surface area (Å²) in [6.45, 7) is 0.369. The molecule has 1 saturated carbocycles. The van der Waals surface area contributed by atoms with E-state index in [2.05, 4.69) is 37.8 Å². The van der Waals surface area contributed by atoms with Gasteiger partial charge in [-0.2, -0.15) is 5.10 Å². The number of hydrogen-bond donors (Lipinski definition) is 0. The number of ether oxygens (including phenoxy) is 1. The highest BCUT2D eigenvalue weighted by Crippen LogP contribution is 2.49. The van der Waals surface area contributed by atoms with Crippen LogP contribution >= 0.6 is 22.6 Å². The van der Waals surface area contributed by atoms with Gasteiger partial charge >= 0.3 is 0 Å². The summed E-state index contributed by atoms with van der Waals surface area (Å²) < 4.78 is 23.4. The van der Waals surface area contributed by atoms with Gasteiger partial charge < -0.3 is 9.57 Å². The van der Waals surface area contributed by atoms with E-state index in [1.54, 1.807) is 24.2 Å². The van der Waals surface area contributed by atoms with Gasteiger partial charge in [0, 0.05) is 16.2 Å². The third kappa shape index (κ3) is 2.74. The minimum Gasteiger partial charge on any atom is -0.385 e. The van der Waals surface area contributed by atoms with Crippen LogP contribution in [0.15, 0.2) is 36.0 Å². The molecule has 1 aromatic heterocycles. The van der Waals surface area contributed by atoms with E-state index >= 15 is 0 Å². The van der Waals surface area contributed by atoms with E-state index < -0.39 is 11.2 Å². The molecule has 0 saturated heterocycles. The Hall–Kier alpha value is -1.55. The van der Waals surface area contributed by atoms with Crippen molar-refractivity contribution in [2.45, 2.75) is 49.9 Å². The van der Waals surface area contributed by atoms with Crippen LogP contribution < -0.4 is 0 Å². The third-order valence-electron chi connectivity index (χ3n) is 5.48. The maximum atomic E-state index is 14.8. The lowest BCUT2D eigenvalue weighted by Crippen LogP contribution is -2.61. The zero-order chi connectivity index (χ0) is 18.2. The molecule has 2 aliphatic rings. The molecule has 4 rings (SSSR count). The Morgan fingerprint density at radius 2 is 2.12 bits per heavy atom. The lowest BCUT2D eigenvalue weighted by Gasteiger charge is -2.44. The van der Waals surface area contributed by atoms with Gasteiger partial charge in [-0.05, 0) is 66.5 Å². The smallest absolute Gasteiger partial charge is 0.175 e. The Balaban J connectivity index is 1.83. The van der Waals surface area contributed by atoms with Crippen molar-refractivity contribution in [3.05, 3.63) is 45.8 Å². The second kappa shape index (κ2) is 6.88. The van der Waals surface area contributed by atoms with Gasteiger partial charge in [0.1, 0.15) is 24.2 Å². The maximum Gasteiger partial charge on any atom is 0.175 e. The van der Waals surface area contributed by atoms with Crippen LogP contribution in [-0.2, 0) is 16.1 Å². The van der Waals surface area contributed by atoms with Crippen LogP contribution in [0.3, 0.4) is 0 Å². The van der Waals surface area contributed by atoms with Gasteiger partial charge in [0.25, 0.3) is 0 Å². The SMILES string of the molecule is COC1(Cn2cncn2)C(c2ccc(I)cc2F)=NOC12CCCCC2. The molecule has 8 heteroatoms. The Labute approximate surface area is 164 Å². The van der Waals surface area contributed by atoms with Crippen molar-refractivity contribution in [2.24, 2.45) is 5.16 Å². The second-order valence-corrected chi connectivity index (χ2v) is 8.08. The average Bonchev–Trinajstić information content (AvgIpc) is 3.24. The first kappa shape index (κ1) is 17.8. The molecule has 1 aliphatic carbocycles. The molecular formula is C18H20FIN4O2. The number of methoxy groups -OCH3 is 1. The predicted molar refractivity (Wildman–Crippen MR) is 102 cm³/mol. The molecule has 0 N–H and O–H groups in total. The molecule has 1 aromatic carbocycles. The van der Waals surface area contributed by atoms with E-state index in [4.69, 9.17) is 9.57 Å². The number of oxime groups is 1. The largest absolute Gasteiger partial charge is 0.385 e. The minimum atomic E-state index is -0.922.